The average Bonchev–Trinajstić information content (AvgIpc) is 3.25. The molecular weight excluding hydrogens is 421 g/mol. The second kappa shape index (κ2) is 9.20. The van der Waals surface area contributed by atoms with Gasteiger partial charge in [-0.15, -0.1) is 0 Å². The van der Waals surface area contributed by atoms with E-state index in [1.165, 1.54) is 30.3 Å². The lowest BCUT2D eigenvalue weighted by Crippen LogP contribution is -2.08. The summed E-state index contributed by atoms with van der Waals surface area (Å²) < 4.78 is 29.9. The van der Waals surface area contributed by atoms with Crippen LogP contribution in [0.1, 0.15) is 18.1 Å². The number of ether oxygens (including phenoxy) is 2. The number of carbonyl (C=O) groups excluding carboxylic acids is 1. The summed E-state index contributed by atoms with van der Waals surface area (Å²) in [5, 5.41) is 3.67. The second-order valence-electron chi connectivity index (χ2n) is 7.66. The van der Waals surface area contributed by atoms with Crippen molar-refractivity contribution in [2.24, 2.45) is 0 Å². The van der Waals surface area contributed by atoms with E-state index >= 15 is 0 Å². The molecule has 0 saturated heterocycles. The molecule has 0 bridgehead atoms. The average molecular weight is 445 g/mol. The largest absolute Gasteiger partial charge is 0.497 e. The van der Waals surface area contributed by atoms with Crippen LogP contribution in [-0.2, 0) is 4.79 Å². The molecule has 4 aromatic rings. The highest BCUT2D eigenvalue weighted by molar-refractivity contribution is 6.06. The Balaban J connectivity index is 1.74. The number of amides is 1. The van der Waals surface area contributed by atoms with Gasteiger partial charge in [0, 0.05) is 33.8 Å². The number of carbonyl (C=O) groups is 1. The van der Waals surface area contributed by atoms with Crippen molar-refractivity contribution in [2.75, 3.05) is 19.5 Å². The third-order valence-electron chi connectivity index (χ3n) is 5.53. The summed E-state index contributed by atoms with van der Waals surface area (Å²) in [4.78, 5) is 12.6. The van der Waals surface area contributed by atoms with Crippen LogP contribution in [0.15, 0.2) is 71.4 Å². The Morgan fingerprint density at radius 3 is 2.36 bits per heavy atom. The summed E-state index contributed by atoms with van der Waals surface area (Å²) in [6.07, 6.45) is 3.22. The Morgan fingerprint density at radius 2 is 1.73 bits per heavy atom. The van der Waals surface area contributed by atoms with Crippen LogP contribution in [0.3, 0.4) is 0 Å². The van der Waals surface area contributed by atoms with Crippen LogP contribution in [0, 0.1) is 12.7 Å². The maximum Gasteiger partial charge on any atom is 0.248 e. The Morgan fingerprint density at radius 1 is 1.03 bits per heavy atom. The summed E-state index contributed by atoms with van der Waals surface area (Å²) in [6, 6.07) is 15.3. The molecule has 0 aliphatic rings. The Hall–Kier alpha value is -4.06. The smallest absolute Gasteiger partial charge is 0.248 e. The zero-order valence-corrected chi connectivity index (χ0v) is 18.9. The van der Waals surface area contributed by atoms with Gasteiger partial charge in [0.25, 0.3) is 0 Å². The number of rotatable bonds is 6. The maximum absolute atomic E-state index is 13.1. The minimum Gasteiger partial charge on any atom is -0.497 e. The molecule has 1 amide bonds. The summed E-state index contributed by atoms with van der Waals surface area (Å²) in [5.41, 5.74) is 5.51. The van der Waals surface area contributed by atoms with E-state index in [4.69, 9.17) is 13.9 Å². The van der Waals surface area contributed by atoms with E-state index in [0.29, 0.717) is 11.4 Å². The lowest BCUT2D eigenvalue weighted by molar-refractivity contribution is -0.111. The van der Waals surface area contributed by atoms with E-state index in [9.17, 15) is 9.18 Å². The van der Waals surface area contributed by atoms with Gasteiger partial charge in [-0.05, 0) is 67.4 Å². The number of hydrogen-bond donors (Lipinski definition) is 1. The maximum atomic E-state index is 13.1. The number of nitrogens with one attached hydrogen (secondary N) is 1. The molecule has 3 aromatic carbocycles. The molecule has 0 saturated carbocycles. The van der Waals surface area contributed by atoms with Crippen LogP contribution >= 0.6 is 0 Å². The fourth-order valence-electron chi connectivity index (χ4n) is 3.85. The minimum absolute atomic E-state index is 0.318. The van der Waals surface area contributed by atoms with Crippen LogP contribution in [0.25, 0.3) is 27.7 Å². The zero-order valence-electron chi connectivity index (χ0n) is 18.9. The standard InChI is InChI=1S/C27H24FNO4/c1-16(13-25(30)29-20-9-7-19(28)8-10-20)22-14-23-24(18-5-11-21(31-3)12-6-18)15-33-27(23)17(2)26(22)32-4/h5-15H,1-4H3,(H,29,30)/b16-13+. The number of fused-ring (bicyclic) bond motifs is 1. The van der Waals surface area contributed by atoms with Gasteiger partial charge < -0.3 is 19.2 Å². The molecule has 1 aromatic heterocycles. The quantitative estimate of drug-likeness (QED) is 0.339. The zero-order chi connectivity index (χ0) is 23.5. The number of furan rings is 1. The highest BCUT2D eigenvalue weighted by Gasteiger charge is 2.19. The van der Waals surface area contributed by atoms with Gasteiger partial charge >= 0.3 is 0 Å². The first-order chi connectivity index (χ1) is 15.9. The van der Waals surface area contributed by atoms with E-state index in [1.54, 1.807) is 20.5 Å². The normalized spacial score (nSPS) is 11.5. The second-order valence-corrected chi connectivity index (χ2v) is 7.66. The molecular formula is C27H24FNO4. The molecule has 0 aliphatic heterocycles. The predicted octanol–water partition coefficient (Wildman–Crippen LogP) is 6.61. The van der Waals surface area contributed by atoms with Crippen LogP contribution < -0.4 is 14.8 Å². The van der Waals surface area contributed by atoms with Crippen LogP contribution in [-0.4, -0.2) is 20.1 Å². The Bertz CT molecular complexity index is 1340. The lowest BCUT2D eigenvalue weighted by Gasteiger charge is -2.13. The number of halogens is 1. The van der Waals surface area contributed by atoms with Gasteiger partial charge in [0.1, 0.15) is 22.9 Å². The van der Waals surface area contributed by atoms with Crippen molar-refractivity contribution in [1.29, 1.82) is 0 Å². The van der Waals surface area contributed by atoms with Gasteiger partial charge in [0.05, 0.1) is 20.5 Å². The highest BCUT2D eigenvalue weighted by Crippen LogP contribution is 2.40. The molecule has 5 nitrogen and oxygen atoms in total. The number of aryl methyl sites for hydroxylation is 1. The van der Waals surface area contributed by atoms with Crippen LogP contribution in [0.5, 0.6) is 11.5 Å². The van der Waals surface area contributed by atoms with E-state index in [2.05, 4.69) is 5.32 Å². The molecule has 1 heterocycles. The number of anilines is 1. The van der Waals surface area contributed by atoms with Gasteiger partial charge in [0.2, 0.25) is 5.91 Å². The molecule has 6 heteroatoms. The van der Waals surface area contributed by atoms with Crippen molar-refractivity contribution in [3.8, 4) is 22.6 Å². The third-order valence-corrected chi connectivity index (χ3v) is 5.53. The number of benzene rings is 3. The molecule has 33 heavy (non-hydrogen) atoms. The topological polar surface area (TPSA) is 60.7 Å². The summed E-state index contributed by atoms with van der Waals surface area (Å²) in [7, 11) is 3.22. The first-order valence-corrected chi connectivity index (χ1v) is 10.4. The number of allylic oxidation sites excluding steroid dienone is 1. The molecule has 1 N–H and O–H groups in total. The molecule has 0 unspecified atom stereocenters. The van der Waals surface area contributed by atoms with Gasteiger partial charge in [0.15, 0.2) is 0 Å². The highest BCUT2D eigenvalue weighted by atomic mass is 19.1. The Labute approximate surface area is 191 Å². The van der Waals surface area contributed by atoms with Gasteiger partial charge in [-0.3, -0.25) is 4.79 Å². The summed E-state index contributed by atoms with van der Waals surface area (Å²) in [6.45, 7) is 3.78. The van der Waals surface area contributed by atoms with Crippen LogP contribution in [0.2, 0.25) is 0 Å². The van der Waals surface area contributed by atoms with Crippen molar-refractivity contribution < 1.29 is 23.1 Å². The molecule has 0 radical (unpaired) electrons. The van der Waals surface area contributed by atoms with Crippen molar-refractivity contribution >= 4 is 28.1 Å². The monoisotopic (exact) mass is 445 g/mol. The SMILES string of the molecule is COc1ccc(-c2coc3c(C)c(OC)c(/C(C)=C/C(=O)Nc4ccc(F)cc4)cc23)cc1. The number of methoxy groups -OCH3 is 2. The molecule has 168 valence electrons. The molecule has 0 fully saturated rings. The van der Waals surface area contributed by atoms with Crippen molar-refractivity contribution in [3.63, 3.8) is 0 Å². The summed E-state index contributed by atoms with van der Waals surface area (Å²) in [5.74, 6) is 0.736. The van der Waals surface area contributed by atoms with E-state index in [0.717, 1.165) is 44.5 Å². The lowest BCUT2D eigenvalue weighted by atomic mass is 9.96. The Kier molecular flexibility index (Phi) is 6.18. The van der Waals surface area contributed by atoms with Crippen molar-refractivity contribution in [2.45, 2.75) is 13.8 Å². The fraction of sp³-hybridized carbons (Fsp3) is 0.148. The van der Waals surface area contributed by atoms with Crippen molar-refractivity contribution in [3.05, 3.63) is 83.9 Å². The first-order valence-electron chi connectivity index (χ1n) is 10.4. The molecule has 4 rings (SSSR count). The minimum atomic E-state index is -0.360. The van der Waals surface area contributed by atoms with E-state index in [-0.39, 0.29) is 11.7 Å². The van der Waals surface area contributed by atoms with Crippen molar-refractivity contribution in [1.82, 2.24) is 0 Å². The summed E-state index contributed by atoms with van der Waals surface area (Å²) >= 11 is 0. The third kappa shape index (κ3) is 4.46. The van der Waals surface area contributed by atoms with Gasteiger partial charge in [-0.25, -0.2) is 4.39 Å². The predicted molar refractivity (Wildman–Crippen MR) is 128 cm³/mol. The van der Waals surface area contributed by atoms with Gasteiger partial charge in [-0.2, -0.15) is 0 Å². The fourth-order valence-corrected chi connectivity index (χ4v) is 3.85. The van der Waals surface area contributed by atoms with E-state index < -0.39 is 0 Å². The first kappa shape index (κ1) is 22.1. The van der Waals surface area contributed by atoms with E-state index in [1.807, 2.05) is 44.2 Å². The molecule has 0 aliphatic carbocycles. The van der Waals surface area contributed by atoms with Crippen LogP contribution in [0.4, 0.5) is 10.1 Å². The molecule has 0 atom stereocenters. The van der Waals surface area contributed by atoms with Gasteiger partial charge in [-0.1, -0.05) is 12.1 Å². The molecule has 0 spiro atoms. The number of hydrogen-bond acceptors (Lipinski definition) is 4.